The number of ether oxygens (including phenoxy) is 1. The monoisotopic (exact) mass is 386 g/mol. The highest BCUT2D eigenvalue weighted by Crippen LogP contribution is 2.30. The lowest BCUT2D eigenvalue weighted by Gasteiger charge is -2.18. The number of hydrogen-bond donors (Lipinski definition) is 0. The van der Waals surface area contributed by atoms with Gasteiger partial charge in [0.2, 0.25) is 0 Å². The quantitative estimate of drug-likeness (QED) is 0.553. The van der Waals surface area contributed by atoms with Crippen LogP contribution in [0.25, 0.3) is 0 Å². The second-order valence-corrected chi connectivity index (χ2v) is 5.95. The minimum atomic E-state index is -0.658. The smallest absolute Gasteiger partial charge is 0.312 e. The fourth-order valence-electron chi connectivity index (χ4n) is 2.01. The van der Waals surface area contributed by atoms with Crippen LogP contribution in [0.4, 0.5) is 10.1 Å². The number of rotatable bonds is 6. The molecule has 9 heteroatoms. The molecule has 0 spiro atoms. The first-order valence-electron chi connectivity index (χ1n) is 7.03. The molecule has 0 aliphatic rings. The zero-order valence-corrected chi connectivity index (χ0v) is 14.6. The van der Waals surface area contributed by atoms with Gasteiger partial charge in [-0.05, 0) is 24.3 Å². The fourth-order valence-corrected chi connectivity index (χ4v) is 2.40. The van der Waals surface area contributed by atoms with Gasteiger partial charge in [-0.1, -0.05) is 29.3 Å². The summed E-state index contributed by atoms with van der Waals surface area (Å²) < 4.78 is 19.0. The summed E-state index contributed by atoms with van der Waals surface area (Å²) in [6.07, 6.45) is 0. The van der Waals surface area contributed by atoms with Crippen LogP contribution in [-0.4, -0.2) is 29.4 Å². The molecule has 0 unspecified atom stereocenters. The molecule has 0 atom stereocenters. The second-order valence-electron chi connectivity index (χ2n) is 5.11. The van der Waals surface area contributed by atoms with Crippen LogP contribution in [0.5, 0.6) is 5.75 Å². The van der Waals surface area contributed by atoms with Gasteiger partial charge in [0.1, 0.15) is 5.82 Å². The number of nitrogens with zero attached hydrogens (tertiary/aromatic N) is 2. The van der Waals surface area contributed by atoms with E-state index in [1.807, 2.05) is 0 Å². The van der Waals surface area contributed by atoms with Gasteiger partial charge in [-0.15, -0.1) is 0 Å². The van der Waals surface area contributed by atoms with Gasteiger partial charge in [0.25, 0.3) is 5.91 Å². The molecule has 0 saturated carbocycles. The van der Waals surface area contributed by atoms with Crippen LogP contribution in [-0.2, 0) is 11.3 Å². The van der Waals surface area contributed by atoms with Crippen molar-refractivity contribution in [3.8, 4) is 5.75 Å². The van der Waals surface area contributed by atoms with Gasteiger partial charge >= 0.3 is 5.69 Å². The Balaban J connectivity index is 2.04. The Morgan fingerprint density at radius 3 is 2.68 bits per heavy atom. The van der Waals surface area contributed by atoms with E-state index >= 15 is 0 Å². The van der Waals surface area contributed by atoms with Crippen LogP contribution in [0, 0.1) is 15.9 Å². The SMILES string of the molecule is CN(Cc1c(F)cccc1Cl)C(=O)COc1ccc(Cl)cc1[N+](=O)[O-]. The number of halogens is 3. The largest absolute Gasteiger partial charge is 0.477 e. The molecular weight excluding hydrogens is 374 g/mol. The molecule has 0 N–H and O–H groups in total. The van der Waals surface area contributed by atoms with E-state index in [4.69, 9.17) is 27.9 Å². The normalized spacial score (nSPS) is 10.4. The average Bonchev–Trinajstić information content (AvgIpc) is 2.56. The Morgan fingerprint density at radius 1 is 1.32 bits per heavy atom. The van der Waals surface area contributed by atoms with E-state index in [1.54, 1.807) is 0 Å². The zero-order chi connectivity index (χ0) is 18.6. The molecule has 0 aromatic heterocycles. The van der Waals surface area contributed by atoms with Gasteiger partial charge in [0, 0.05) is 35.3 Å². The molecule has 132 valence electrons. The maximum atomic E-state index is 13.8. The van der Waals surface area contributed by atoms with E-state index < -0.39 is 23.3 Å². The van der Waals surface area contributed by atoms with Crippen LogP contribution in [0.1, 0.15) is 5.56 Å². The average molecular weight is 387 g/mol. The number of carbonyl (C=O) groups is 1. The molecule has 2 aromatic rings. The Labute approximate surface area is 152 Å². The summed E-state index contributed by atoms with van der Waals surface area (Å²) in [7, 11) is 1.45. The maximum Gasteiger partial charge on any atom is 0.312 e. The van der Waals surface area contributed by atoms with Crippen LogP contribution in [0.15, 0.2) is 36.4 Å². The lowest BCUT2D eigenvalue weighted by molar-refractivity contribution is -0.385. The number of amides is 1. The van der Waals surface area contributed by atoms with Crippen molar-refractivity contribution in [2.75, 3.05) is 13.7 Å². The van der Waals surface area contributed by atoms with Crippen molar-refractivity contribution in [1.29, 1.82) is 0 Å². The number of likely N-dealkylation sites (N-methyl/N-ethyl adjacent to an activating group) is 1. The van der Waals surface area contributed by atoms with Gasteiger partial charge < -0.3 is 9.64 Å². The number of nitro groups is 1. The third kappa shape index (κ3) is 4.80. The van der Waals surface area contributed by atoms with Crippen molar-refractivity contribution in [3.63, 3.8) is 0 Å². The Morgan fingerprint density at radius 2 is 2.04 bits per heavy atom. The Kier molecular flexibility index (Phi) is 6.17. The van der Waals surface area contributed by atoms with Gasteiger partial charge in [0.05, 0.1) is 4.92 Å². The topological polar surface area (TPSA) is 72.7 Å². The molecule has 25 heavy (non-hydrogen) atoms. The van der Waals surface area contributed by atoms with E-state index in [0.29, 0.717) is 0 Å². The van der Waals surface area contributed by atoms with Crippen molar-refractivity contribution in [2.24, 2.45) is 0 Å². The van der Waals surface area contributed by atoms with E-state index in [9.17, 15) is 19.3 Å². The maximum absolute atomic E-state index is 13.8. The summed E-state index contributed by atoms with van der Waals surface area (Å²) in [4.78, 5) is 23.7. The molecule has 0 aliphatic heterocycles. The summed E-state index contributed by atoms with van der Waals surface area (Å²) in [5, 5.41) is 11.4. The van der Waals surface area contributed by atoms with Gasteiger partial charge in [0.15, 0.2) is 12.4 Å². The van der Waals surface area contributed by atoms with Gasteiger partial charge in [-0.3, -0.25) is 14.9 Å². The minimum absolute atomic E-state index is 0.0591. The second kappa shape index (κ2) is 8.13. The standard InChI is InChI=1S/C16H13Cl2FN2O4/c1-20(8-11-12(18)3-2-4-13(11)19)16(22)9-25-15-6-5-10(17)7-14(15)21(23)24/h2-7H,8-9H2,1H3. The molecular formula is C16H13Cl2FN2O4. The minimum Gasteiger partial charge on any atom is -0.477 e. The summed E-state index contributed by atoms with van der Waals surface area (Å²) in [5.74, 6) is -1.11. The van der Waals surface area contributed by atoms with E-state index in [1.165, 1.54) is 42.3 Å². The Hall–Kier alpha value is -2.38. The lowest BCUT2D eigenvalue weighted by atomic mass is 10.2. The van der Waals surface area contributed by atoms with Crippen molar-refractivity contribution < 1.29 is 18.8 Å². The third-order valence-corrected chi connectivity index (χ3v) is 3.94. The summed E-state index contributed by atoms with van der Waals surface area (Å²) in [5.41, 5.74) is -0.169. The van der Waals surface area contributed by atoms with Gasteiger partial charge in [-0.2, -0.15) is 0 Å². The van der Waals surface area contributed by atoms with Crippen molar-refractivity contribution in [2.45, 2.75) is 6.54 Å². The molecule has 2 aromatic carbocycles. The molecule has 6 nitrogen and oxygen atoms in total. The first kappa shape index (κ1) is 19.0. The number of carbonyl (C=O) groups excluding carboxylic acids is 1. The van der Waals surface area contributed by atoms with Crippen LogP contribution >= 0.6 is 23.2 Å². The van der Waals surface area contributed by atoms with Crippen LogP contribution in [0.3, 0.4) is 0 Å². The highest BCUT2D eigenvalue weighted by Gasteiger charge is 2.19. The first-order chi connectivity index (χ1) is 11.8. The summed E-state index contributed by atoms with van der Waals surface area (Å²) in [6, 6.07) is 8.08. The van der Waals surface area contributed by atoms with E-state index in [2.05, 4.69) is 0 Å². The van der Waals surface area contributed by atoms with Crippen molar-refractivity contribution >= 4 is 34.8 Å². The number of benzene rings is 2. The predicted molar refractivity (Wildman–Crippen MR) is 91.5 cm³/mol. The molecule has 0 aliphatic carbocycles. The molecule has 1 amide bonds. The number of hydrogen-bond acceptors (Lipinski definition) is 4. The Bertz CT molecular complexity index is 796. The van der Waals surface area contributed by atoms with Crippen molar-refractivity contribution in [1.82, 2.24) is 4.90 Å². The number of nitro benzene ring substituents is 1. The molecule has 0 radical (unpaired) electrons. The highest BCUT2D eigenvalue weighted by molar-refractivity contribution is 6.31. The van der Waals surface area contributed by atoms with Crippen LogP contribution < -0.4 is 4.74 Å². The molecule has 0 saturated heterocycles. The molecule has 0 bridgehead atoms. The molecule has 2 rings (SSSR count). The first-order valence-corrected chi connectivity index (χ1v) is 7.78. The summed E-state index contributed by atoms with van der Waals surface area (Å²) in [6.45, 7) is -0.512. The fraction of sp³-hybridized carbons (Fsp3) is 0.188. The highest BCUT2D eigenvalue weighted by atomic mass is 35.5. The van der Waals surface area contributed by atoms with E-state index in [-0.39, 0.29) is 33.6 Å². The predicted octanol–water partition coefficient (Wildman–Crippen LogP) is 4.08. The lowest BCUT2D eigenvalue weighted by Crippen LogP contribution is -2.31. The van der Waals surface area contributed by atoms with Gasteiger partial charge in [-0.25, -0.2) is 4.39 Å². The van der Waals surface area contributed by atoms with E-state index in [0.717, 1.165) is 6.07 Å². The third-order valence-electron chi connectivity index (χ3n) is 3.35. The molecule has 0 fully saturated rings. The summed E-state index contributed by atoms with van der Waals surface area (Å²) >= 11 is 11.6. The zero-order valence-electron chi connectivity index (χ0n) is 13.0. The van der Waals surface area contributed by atoms with Crippen LogP contribution in [0.2, 0.25) is 10.0 Å². The van der Waals surface area contributed by atoms with Crippen molar-refractivity contribution in [3.05, 3.63) is 67.9 Å². The molecule has 0 heterocycles.